The molecule has 0 aromatic heterocycles. The van der Waals surface area contributed by atoms with Crippen LogP contribution in [-0.4, -0.2) is 58.5 Å². The molecular weight excluding hydrogens is 232 g/mol. The zero-order valence-electron chi connectivity index (χ0n) is 11.7. The Labute approximate surface area is 109 Å². The van der Waals surface area contributed by atoms with Gasteiger partial charge in [0, 0.05) is 25.7 Å². The molecular formula is C13H24N2O3. The first-order valence-electron chi connectivity index (χ1n) is 6.27. The van der Waals surface area contributed by atoms with Crippen LogP contribution in [0.15, 0.2) is 12.7 Å². The highest BCUT2D eigenvalue weighted by Gasteiger charge is 2.32. The summed E-state index contributed by atoms with van der Waals surface area (Å²) in [6.45, 7) is 12.9. The molecule has 0 spiro atoms. The predicted octanol–water partition coefficient (Wildman–Crippen LogP) is 0.796. The molecule has 1 fully saturated rings. The first kappa shape index (κ1) is 15.1. The quantitative estimate of drug-likeness (QED) is 0.599. The van der Waals surface area contributed by atoms with Gasteiger partial charge in [-0.1, -0.05) is 6.58 Å². The minimum Gasteiger partial charge on any atom is -0.356 e. The van der Waals surface area contributed by atoms with Crippen molar-refractivity contribution in [2.24, 2.45) is 0 Å². The number of amides is 1. The molecule has 1 aliphatic rings. The second-order valence-electron chi connectivity index (χ2n) is 5.63. The number of piperazine rings is 1. The summed E-state index contributed by atoms with van der Waals surface area (Å²) in [5.41, 5.74) is -0.396. The van der Waals surface area contributed by atoms with E-state index >= 15 is 0 Å². The fraction of sp³-hybridized carbons (Fsp3) is 0.769. The second-order valence-corrected chi connectivity index (χ2v) is 5.63. The minimum atomic E-state index is -0.930. The maximum atomic E-state index is 11.5. The zero-order valence-corrected chi connectivity index (χ0v) is 11.7. The number of carbonyl (C=O) groups is 1. The lowest BCUT2D eigenvalue weighted by Crippen LogP contribution is -2.57. The van der Waals surface area contributed by atoms with Crippen molar-refractivity contribution < 1.29 is 14.6 Å². The second kappa shape index (κ2) is 5.82. The molecule has 1 N–H and O–H groups in total. The first-order chi connectivity index (χ1) is 8.24. The minimum absolute atomic E-state index is 0.0556. The average Bonchev–Trinajstić information content (AvgIpc) is 2.25. The molecule has 1 unspecified atom stereocenters. The summed E-state index contributed by atoms with van der Waals surface area (Å²) in [6.07, 6.45) is 0.394. The Morgan fingerprint density at radius 1 is 1.50 bits per heavy atom. The van der Waals surface area contributed by atoms with Crippen LogP contribution < -0.4 is 0 Å². The molecule has 1 aliphatic heterocycles. The summed E-state index contributed by atoms with van der Waals surface area (Å²) in [7, 11) is 0. The van der Waals surface area contributed by atoms with Gasteiger partial charge in [0.25, 0.3) is 0 Å². The predicted molar refractivity (Wildman–Crippen MR) is 69.8 cm³/mol. The van der Waals surface area contributed by atoms with Gasteiger partial charge >= 0.3 is 0 Å². The summed E-state index contributed by atoms with van der Waals surface area (Å²) >= 11 is 0. The molecule has 18 heavy (non-hydrogen) atoms. The van der Waals surface area contributed by atoms with Gasteiger partial charge in [0.15, 0.2) is 0 Å². The topological polar surface area (TPSA) is 53.0 Å². The monoisotopic (exact) mass is 256 g/mol. The van der Waals surface area contributed by atoms with Crippen LogP contribution >= 0.6 is 0 Å². The molecule has 1 amide bonds. The Balaban J connectivity index is 2.57. The summed E-state index contributed by atoms with van der Waals surface area (Å²) < 4.78 is 5.53. The van der Waals surface area contributed by atoms with Gasteiger partial charge in [-0.15, -0.1) is 0 Å². The fourth-order valence-electron chi connectivity index (χ4n) is 2.01. The van der Waals surface area contributed by atoms with Crippen LogP contribution in [-0.2, 0) is 9.53 Å². The molecule has 5 heteroatoms. The molecule has 1 rings (SSSR count). The Morgan fingerprint density at radius 2 is 2.11 bits per heavy atom. The van der Waals surface area contributed by atoms with Crippen LogP contribution in [0.5, 0.6) is 0 Å². The zero-order chi connectivity index (χ0) is 13.9. The van der Waals surface area contributed by atoms with Gasteiger partial charge in [-0.3, -0.25) is 4.79 Å². The molecule has 5 nitrogen and oxygen atoms in total. The van der Waals surface area contributed by atoms with Gasteiger partial charge in [0.1, 0.15) is 0 Å². The van der Waals surface area contributed by atoms with E-state index in [1.165, 1.54) is 6.08 Å². The summed E-state index contributed by atoms with van der Waals surface area (Å²) in [5.74, 6) is -0.0623. The number of aliphatic hydroxyl groups is 1. The van der Waals surface area contributed by atoms with Crippen molar-refractivity contribution in [2.75, 3.05) is 19.6 Å². The van der Waals surface area contributed by atoms with Crippen LogP contribution in [0.1, 0.15) is 27.7 Å². The van der Waals surface area contributed by atoms with Gasteiger partial charge in [-0.2, -0.15) is 0 Å². The van der Waals surface area contributed by atoms with Crippen molar-refractivity contribution in [1.29, 1.82) is 0 Å². The summed E-state index contributed by atoms with van der Waals surface area (Å²) in [5, 5.41) is 10.0. The molecule has 2 atom stereocenters. The Morgan fingerprint density at radius 3 is 2.56 bits per heavy atom. The lowest BCUT2D eigenvalue weighted by atomic mass is 10.2. The van der Waals surface area contributed by atoms with E-state index in [0.29, 0.717) is 19.6 Å². The van der Waals surface area contributed by atoms with Crippen LogP contribution in [0.2, 0.25) is 0 Å². The molecule has 104 valence electrons. The maximum Gasteiger partial charge on any atom is 0.246 e. The van der Waals surface area contributed by atoms with Crippen molar-refractivity contribution in [3.05, 3.63) is 12.7 Å². The van der Waals surface area contributed by atoms with E-state index in [9.17, 15) is 9.90 Å². The van der Waals surface area contributed by atoms with E-state index in [4.69, 9.17) is 4.74 Å². The highest BCUT2D eigenvalue weighted by molar-refractivity contribution is 5.87. The van der Waals surface area contributed by atoms with Gasteiger partial charge < -0.3 is 14.7 Å². The normalized spacial score (nSPS) is 23.8. The van der Waals surface area contributed by atoms with E-state index in [0.717, 1.165) is 0 Å². The van der Waals surface area contributed by atoms with Crippen molar-refractivity contribution in [2.45, 2.75) is 45.8 Å². The third-order valence-electron chi connectivity index (χ3n) is 2.91. The molecule has 1 saturated heterocycles. The van der Waals surface area contributed by atoms with Gasteiger partial charge in [0.05, 0.1) is 5.60 Å². The largest absolute Gasteiger partial charge is 0.356 e. The molecule has 0 radical (unpaired) electrons. The Hall–Kier alpha value is -0.910. The standard InChI is InChI=1S/C13H24N2O3/c1-6-11(16)14-7-8-15(10(2)9-14)12(17)18-13(3,4)5/h6,10,12,17H,1,7-9H2,2-5H3/t10-,12?/m0/s1. The highest BCUT2D eigenvalue weighted by atomic mass is 16.6. The van der Waals surface area contributed by atoms with Crippen LogP contribution in [0.4, 0.5) is 0 Å². The van der Waals surface area contributed by atoms with Crippen LogP contribution in [0.3, 0.4) is 0 Å². The summed E-state index contributed by atoms with van der Waals surface area (Å²) in [6, 6.07) is 0.0556. The Bertz CT molecular complexity index is 312. The van der Waals surface area contributed by atoms with E-state index in [1.807, 2.05) is 32.6 Å². The van der Waals surface area contributed by atoms with E-state index < -0.39 is 12.0 Å². The average molecular weight is 256 g/mol. The van der Waals surface area contributed by atoms with Crippen LogP contribution in [0.25, 0.3) is 0 Å². The molecule has 0 bridgehead atoms. The van der Waals surface area contributed by atoms with Crippen molar-refractivity contribution >= 4 is 5.91 Å². The number of rotatable bonds is 3. The third kappa shape index (κ3) is 4.08. The molecule has 0 saturated carbocycles. The maximum absolute atomic E-state index is 11.5. The van der Waals surface area contributed by atoms with E-state index in [2.05, 4.69) is 6.58 Å². The lowest BCUT2D eigenvalue weighted by molar-refractivity contribution is -0.253. The number of hydrogen-bond donors (Lipinski definition) is 1. The number of nitrogens with zero attached hydrogens (tertiary/aromatic N) is 2. The number of aliphatic hydroxyl groups excluding tert-OH is 1. The third-order valence-corrected chi connectivity index (χ3v) is 2.91. The molecule has 0 aromatic rings. The Kier molecular flexibility index (Phi) is 4.90. The SMILES string of the molecule is C=CC(=O)N1CCN(C(O)OC(C)(C)C)[C@@H](C)C1. The lowest BCUT2D eigenvalue weighted by Gasteiger charge is -2.42. The summed E-state index contributed by atoms with van der Waals surface area (Å²) in [4.78, 5) is 15.1. The fourth-order valence-corrected chi connectivity index (χ4v) is 2.01. The molecule has 1 heterocycles. The van der Waals surface area contributed by atoms with Gasteiger partial charge in [-0.05, 0) is 33.8 Å². The molecule has 0 aliphatic carbocycles. The van der Waals surface area contributed by atoms with E-state index in [1.54, 1.807) is 4.90 Å². The van der Waals surface area contributed by atoms with E-state index in [-0.39, 0.29) is 11.9 Å². The van der Waals surface area contributed by atoms with Crippen molar-refractivity contribution in [3.63, 3.8) is 0 Å². The first-order valence-corrected chi connectivity index (χ1v) is 6.27. The number of hydrogen-bond acceptors (Lipinski definition) is 4. The van der Waals surface area contributed by atoms with Crippen molar-refractivity contribution in [3.8, 4) is 0 Å². The smallest absolute Gasteiger partial charge is 0.246 e. The number of ether oxygens (including phenoxy) is 1. The van der Waals surface area contributed by atoms with Gasteiger partial charge in [-0.25, -0.2) is 4.90 Å². The molecule has 0 aromatic carbocycles. The number of carbonyl (C=O) groups excluding carboxylic acids is 1. The van der Waals surface area contributed by atoms with Gasteiger partial charge in [0.2, 0.25) is 12.3 Å². The van der Waals surface area contributed by atoms with Crippen LogP contribution in [0, 0.1) is 0 Å². The highest BCUT2D eigenvalue weighted by Crippen LogP contribution is 2.17. The van der Waals surface area contributed by atoms with Crippen molar-refractivity contribution in [1.82, 2.24) is 9.80 Å².